The van der Waals surface area contributed by atoms with Crippen molar-refractivity contribution in [3.05, 3.63) is 30.5 Å². The fourth-order valence-electron chi connectivity index (χ4n) is 4.40. The van der Waals surface area contributed by atoms with E-state index < -0.39 is 34.1 Å². The second-order valence-electron chi connectivity index (χ2n) is 11.3. The average molecular weight is 648 g/mol. The lowest BCUT2D eigenvalue weighted by atomic mass is 10.0. The number of halogens is 3. The summed E-state index contributed by atoms with van der Waals surface area (Å²) in [5.74, 6) is -0.640. The number of carbonyl (C=O) groups excluding carboxylic acids is 3. The van der Waals surface area contributed by atoms with Crippen LogP contribution in [-0.4, -0.2) is 83.5 Å². The van der Waals surface area contributed by atoms with Crippen molar-refractivity contribution in [1.29, 1.82) is 0 Å². The summed E-state index contributed by atoms with van der Waals surface area (Å²) < 4.78 is 19.2. The SMILES string of the molecule is COC(=O)[C@H](CC(C)C)N(C(=O)OCC(Cl)(Cl)Cl)c1conc1-c1ccc(N2CCN(C(=O)OC(C)(C)C)CC2)cc1. The van der Waals surface area contributed by atoms with Gasteiger partial charge in [0.15, 0.2) is 0 Å². The molecule has 1 aromatic carbocycles. The van der Waals surface area contributed by atoms with E-state index >= 15 is 0 Å². The number of amides is 2. The van der Waals surface area contributed by atoms with Gasteiger partial charge in [-0.2, -0.15) is 0 Å². The van der Waals surface area contributed by atoms with Gasteiger partial charge in [-0.25, -0.2) is 14.4 Å². The zero-order chi connectivity index (χ0) is 31.2. The predicted octanol–water partition coefficient (Wildman–Crippen LogP) is 6.30. The second kappa shape index (κ2) is 14.1. The number of ether oxygens (including phenoxy) is 3. The standard InChI is InChI=1S/C28H37Cl3N4O7/c1-18(2)15-21(24(36)39-6)35(26(38)40-17-28(29,30)31)22-16-41-32-23(22)19-7-9-20(10-8-19)33-11-13-34(14-12-33)25(37)42-27(3,4)5/h7-10,16,18,21H,11-15,17H2,1-6H3/t21-/m0/s1. The topological polar surface area (TPSA) is 115 Å². The molecule has 0 unspecified atom stereocenters. The number of anilines is 2. The lowest BCUT2D eigenvalue weighted by Crippen LogP contribution is -2.50. The molecule has 0 bridgehead atoms. The molecule has 14 heteroatoms. The van der Waals surface area contributed by atoms with Crippen molar-refractivity contribution in [1.82, 2.24) is 10.1 Å². The molecule has 1 aliphatic rings. The van der Waals surface area contributed by atoms with Crippen LogP contribution in [0.25, 0.3) is 11.3 Å². The minimum absolute atomic E-state index is 0.0101. The lowest BCUT2D eigenvalue weighted by molar-refractivity contribution is -0.142. The molecule has 0 N–H and O–H groups in total. The van der Waals surface area contributed by atoms with Crippen LogP contribution in [-0.2, 0) is 19.0 Å². The van der Waals surface area contributed by atoms with Crippen molar-refractivity contribution in [2.24, 2.45) is 5.92 Å². The second-order valence-corrected chi connectivity index (χ2v) is 13.8. The molecule has 1 saturated heterocycles. The number of aromatic nitrogens is 1. The van der Waals surface area contributed by atoms with E-state index in [1.54, 1.807) is 4.90 Å². The van der Waals surface area contributed by atoms with Gasteiger partial charge in [0.25, 0.3) is 0 Å². The molecule has 1 fully saturated rings. The van der Waals surface area contributed by atoms with E-state index in [0.29, 0.717) is 37.4 Å². The Morgan fingerprint density at radius 2 is 1.67 bits per heavy atom. The van der Waals surface area contributed by atoms with E-state index in [-0.39, 0.29) is 24.1 Å². The highest BCUT2D eigenvalue weighted by Gasteiger charge is 2.38. The molecule has 232 valence electrons. The summed E-state index contributed by atoms with van der Waals surface area (Å²) in [7, 11) is 1.24. The monoisotopic (exact) mass is 646 g/mol. The molecule has 1 atom stereocenters. The summed E-state index contributed by atoms with van der Waals surface area (Å²) in [5, 5.41) is 4.12. The van der Waals surface area contributed by atoms with Crippen LogP contribution in [0.4, 0.5) is 21.0 Å². The van der Waals surface area contributed by atoms with E-state index in [0.717, 1.165) is 10.6 Å². The third-order valence-corrected chi connectivity index (χ3v) is 6.61. The molecule has 11 nitrogen and oxygen atoms in total. The van der Waals surface area contributed by atoms with E-state index in [4.69, 9.17) is 53.5 Å². The maximum Gasteiger partial charge on any atom is 0.415 e. The van der Waals surface area contributed by atoms with Crippen molar-refractivity contribution in [2.45, 2.75) is 56.5 Å². The summed E-state index contributed by atoms with van der Waals surface area (Å²) in [6, 6.07) is 6.42. The highest BCUT2D eigenvalue weighted by Crippen LogP contribution is 2.35. The number of nitrogens with zero attached hydrogens (tertiary/aromatic N) is 4. The first-order valence-electron chi connectivity index (χ1n) is 13.5. The molecule has 0 aliphatic carbocycles. The van der Waals surface area contributed by atoms with Crippen molar-refractivity contribution >= 4 is 64.3 Å². The summed E-state index contributed by atoms with van der Waals surface area (Å²) in [6.45, 7) is 11.1. The Morgan fingerprint density at radius 3 is 2.19 bits per heavy atom. The Bertz CT molecular complexity index is 1220. The Morgan fingerprint density at radius 1 is 1.05 bits per heavy atom. The molecule has 2 aromatic rings. The highest BCUT2D eigenvalue weighted by atomic mass is 35.6. The van der Waals surface area contributed by atoms with E-state index in [1.165, 1.54) is 13.4 Å². The number of hydrogen-bond donors (Lipinski definition) is 0. The van der Waals surface area contributed by atoms with Gasteiger partial charge in [0.2, 0.25) is 3.79 Å². The number of esters is 1. The molecule has 0 spiro atoms. The van der Waals surface area contributed by atoms with Gasteiger partial charge in [0, 0.05) is 37.4 Å². The molecule has 2 heterocycles. The van der Waals surface area contributed by atoms with Gasteiger partial charge in [-0.3, -0.25) is 4.90 Å². The average Bonchev–Trinajstić information content (AvgIpc) is 3.39. The van der Waals surface area contributed by atoms with Crippen LogP contribution in [0.1, 0.15) is 41.0 Å². The van der Waals surface area contributed by atoms with Crippen LogP contribution >= 0.6 is 34.8 Å². The summed E-state index contributed by atoms with van der Waals surface area (Å²) >= 11 is 17.4. The first-order valence-corrected chi connectivity index (χ1v) is 14.6. The number of piperazine rings is 1. The van der Waals surface area contributed by atoms with Gasteiger partial charge in [-0.15, -0.1) is 0 Å². The van der Waals surface area contributed by atoms with E-state index in [2.05, 4.69) is 10.1 Å². The lowest BCUT2D eigenvalue weighted by Gasteiger charge is -2.36. The third kappa shape index (κ3) is 9.31. The number of hydrogen-bond acceptors (Lipinski definition) is 9. The number of benzene rings is 1. The number of methoxy groups -OCH3 is 1. The van der Waals surface area contributed by atoms with Gasteiger partial charge in [0.05, 0.1) is 7.11 Å². The maximum absolute atomic E-state index is 13.3. The van der Waals surface area contributed by atoms with Gasteiger partial charge in [0.1, 0.15) is 35.9 Å². The normalized spacial score (nSPS) is 14.9. The highest BCUT2D eigenvalue weighted by molar-refractivity contribution is 6.67. The molecular weight excluding hydrogens is 611 g/mol. The maximum atomic E-state index is 13.3. The van der Waals surface area contributed by atoms with E-state index in [9.17, 15) is 14.4 Å². The summed E-state index contributed by atoms with van der Waals surface area (Å²) in [6.07, 6.45) is 0.261. The van der Waals surface area contributed by atoms with Crippen molar-refractivity contribution in [2.75, 3.05) is 49.7 Å². The molecule has 3 rings (SSSR count). The number of rotatable bonds is 8. The van der Waals surface area contributed by atoms with Crippen LogP contribution in [0.15, 0.2) is 35.1 Å². The smallest absolute Gasteiger partial charge is 0.415 e. The largest absolute Gasteiger partial charge is 0.467 e. The minimum Gasteiger partial charge on any atom is -0.467 e. The van der Waals surface area contributed by atoms with Crippen LogP contribution in [0.3, 0.4) is 0 Å². The quantitative estimate of drug-likeness (QED) is 0.185. The first kappa shape index (κ1) is 33.6. The molecular formula is C28H37Cl3N4O7. The van der Waals surface area contributed by atoms with Crippen molar-refractivity contribution in [3.8, 4) is 11.3 Å². The first-order chi connectivity index (χ1) is 19.6. The Labute approximate surface area is 260 Å². The van der Waals surface area contributed by atoms with Gasteiger partial charge >= 0.3 is 18.2 Å². The number of carbonyl (C=O) groups is 3. The molecule has 0 radical (unpaired) electrons. The molecule has 2 amide bonds. The molecule has 0 saturated carbocycles. The Balaban J connectivity index is 1.84. The summed E-state index contributed by atoms with van der Waals surface area (Å²) in [4.78, 5) is 43.6. The van der Waals surface area contributed by atoms with Crippen LogP contribution in [0.2, 0.25) is 0 Å². The third-order valence-electron chi connectivity index (χ3n) is 6.28. The minimum atomic E-state index is -1.86. The van der Waals surface area contributed by atoms with Gasteiger partial charge in [-0.1, -0.05) is 65.9 Å². The molecule has 1 aliphatic heterocycles. The predicted molar refractivity (Wildman–Crippen MR) is 161 cm³/mol. The van der Waals surface area contributed by atoms with Gasteiger partial charge < -0.3 is 28.5 Å². The Kier molecular flexibility index (Phi) is 11.2. The molecule has 42 heavy (non-hydrogen) atoms. The molecule has 1 aromatic heterocycles. The summed E-state index contributed by atoms with van der Waals surface area (Å²) in [5.41, 5.74) is 1.52. The van der Waals surface area contributed by atoms with E-state index in [1.807, 2.05) is 58.9 Å². The van der Waals surface area contributed by atoms with Crippen molar-refractivity contribution < 1.29 is 33.1 Å². The van der Waals surface area contributed by atoms with Gasteiger partial charge in [-0.05, 0) is 45.2 Å². The zero-order valence-electron chi connectivity index (χ0n) is 24.6. The fraction of sp³-hybridized carbons (Fsp3) is 0.571. The fourth-order valence-corrected chi connectivity index (χ4v) is 4.57. The zero-order valence-corrected chi connectivity index (χ0v) is 26.8. The number of alkyl halides is 3. The van der Waals surface area contributed by atoms with Crippen molar-refractivity contribution in [3.63, 3.8) is 0 Å². The Hall–Kier alpha value is -2.89. The van der Waals surface area contributed by atoms with Crippen LogP contribution in [0.5, 0.6) is 0 Å². The van der Waals surface area contributed by atoms with Crippen LogP contribution < -0.4 is 9.80 Å². The van der Waals surface area contributed by atoms with Crippen LogP contribution in [0, 0.1) is 5.92 Å².